The molecule has 2 rings (SSSR count). The highest BCUT2D eigenvalue weighted by Crippen LogP contribution is 2.44. The van der Waals surface area contributed by atoms with Crippen LogP contribution in [0.25, 0.3) is 0 Å². The standard InChI is InChI=1S/C9H14/c1-2-8-5-7-3-4-9(8)6-7/h7H,2-6H2,1H3. The third-order valence-electron chi connectivity index (χ3n) is 2.85. The van der Waals surface area contributed by atoms with E-state index in [2.05, 4.69) is 6.92 Å². The Labute approximate surface area is 57.0 Å². The molecule has 1 atom stereocenters. The Bertz CT molecular complexity index is 153. The molecule has 1 saturated carbocycles. The van der Waals surface area contributed by atoms with E-state index in [1.54, 1.807) is 5.57 Å². The van der Waals surface area contributed by atoms with E-state index in [0.717, 1.165) is 5.92 Å². The average molecular weight is 122 g/mol. The first-order valence-electron chi connectivity index (χ1n) is 4.10. The maximum absolute atomic E-state index is 2.29. The zero-order valence-electron chi connectivity index (χ0n) is 6.11. The fourth-order valence-corrected chi connectivity index (χ4v) is 2.31. The van der Waals surface area contributed by atoms with Gasteiger partial charge in [0.25, 0.3) is 0 Å². The van der Waals surface area contributed by atoms with Gasteiger partial charge in [-0.15, -0.1) is 0 Å². The summed E-state index contributed by atoms with van der Waals surface area (Å²) in [4.78, 5) is 0. The molecule has 2 aliphatic carbocycles. The zero-order valence-corrected chi connectivity index (χ0v) is 6.11. The van der Waals surface area contributed by atoms with Crippen LogP contribution >= 0.6 is 0 Å². The summed E-state index contributed by atoms with van der Waals surface area (Å²) in [5.74, 6) is 1.08. The lowest BCUT2D eigenvalue weighted by atomic mass is 9.98. The Hall–Kier alpha value is -0.260. The molecule has 0 radical (unpaired) electrons. The molecule has 50 valence electrons. The van der Waals surface area contributed by atoms with Gasteiger partial charge in [-0.05, 0) is 38.0 Å². The van der Waals surface area contributed by atoms with Crippen molar-refractivity contribution < 1.29 is 0 Å². The lowest BCUT2D eigenvalue weighted by Gasteiger charge is -2.08. The number of hydrogen-bond acceptors (Lipinski definition) is 0. The van der Waals surface area contributed by atoms with E-state index >= 15 is 0 Å². The lowest BCUT2D eigenvalue weighted by molar-refractivity contribution is 0.557. The van der Waals surface area contributed by atoms with Crippen LogP contribution in [-0.2, 0) is 0 Å². The zero-order chi connectivity index (χ0) is 6.27. The summed E-state index contributed by atoms with van der Waals surface area (Å²) in [6.07, 6.45) is 7.17. The molecule has 9 heavy (non-hydrogen) atoms. The van der Waals surface area contributed by atoms with Gasteiger partial charge < -0.3 is 0 Å². The second kappa shape index (κ2) is 1.86. The topological polar surface area (TPSA) is 0 Å². The quantitative estimate of drug-likeness (QED) is 0.469. The van der Waals surface area contributed by atoms with Crippen LogP contribution < -0.4 is 0 Å². The Balaban J connectivity index is 2.22. The molecule has 1 unspecified atom stereocenters. The van der Waals surface area contributed by atoms with Gasteiger partial charge in [0.15, 0.2) is 0 Å². The van der Waals surface area contributed by atoms with Gasteiger partial charge in [0.2, 0.25) is 0 Å². The highest BCUT2D eigenvalue weighted by atomic mass is 14.3. The molecule has 0 nitrogen and oxygen atoms in total. The minimum Gasteiger partial charge on any atom is -0.0710 e. The second-order valence-corrected chi connectivity index (χ2v) is 3.37. The first kappa shape index (κ1) is 5.52. The normalized spacial score (nSPS) is 32.3. The van der Waals surface area contributed by atoms with Crippen molar-refractivity contribution in [2.75, 3.05) is 0 Å². The maximum Gasteiger partial charge on any atom is -0.0286 e. The Morgan fingerprint density at radius 3 is 2.67 bits per heavy atom. The molecule has 0 N–H and O–H groups in total. The fraction of sp³-hybridized carbons (Fsp3) is 0.778. The van der Waals surface area contributed by atoms with Gasteiger partial charge in [-0.1, -0.05) is 18.1 Å². The van der Waals surface area contributed by atoms with Crippen molar-refractivity contribution >= 4 is 0 Å². The molecule has 0 aromatic rings. The van der Waals surface area contributed by atoms with Crippen LogP contribution in [0.4, 0.5) is 0 Å². The van der Waals surface area contributed by atoms with Gasteiger partial charge in [-0.3, -0.25) is 0 Å². The average Bonchev–Trinajstić information content (AvgIpc) is 2.45. The third kappa shape index (κ3) is 0.726. The first-order chi connectivity index (χ1) is 4.40. The predicted octanol–water partition coefficient (Wildman–Crippen LogP) is 2.90. The SMILES string of the molecule is CCC1=C2CCC(C1)C2. The van der Waals surface area contributed by atoms with Gasteiger partial charge in [0.1, 0.15) is 0 Å². The molecule has 0 heteroatoms. The maximum atomic E-state index is 2.29. The Morgan fingerprint density at radius 1 is 1.44 bits per heavy atom. The number of fused-ring (bicyclic) bond motifs is 2. The van der Waals surface area contributed by atoms with E-state index in [9.17, 15) is 0 Å². The molecule has 0 aromatic heterocycles. The number of rotatable bonds is 1. The summed E-state index contributed by atoms with van der Waals surface area (Å²) in [5.41, 5.74) is 3.62. The summed E-state index contributed by atoms with van der Waals surface area (Å²) in [6, 6.07) is 0. The first-order valence-corrected chi connectivity index (χ1v) is 4.10. The van der Waals surface area contributed by atoms with Gasteiger partial charge in [-0.25, -0.2) is 0 Å². The molecule has 0 aromatic carbocycles. The van der Waals surface area contributed by atoms with Gasteiger partial charge in [0, 0.05) is 0 Å². The molecular weight excluding hydrogens is 108 g/mol. The van der Waals surface area contributed by atoms with Crippen molar-refractivity contribution in [3.8, 4) is 0 Å². The smallest absolute Gasteiger partial charge is 0.0286 e. The van der Waals surface area contributed by atoms with Crippen LogP contribution in [0.15, 0.2) is 11.1 Å². The number of hydrogen-bond donors (Lipinski definition) is 0. The lowest BCUT2D eigenvalue weighted by Crippen LogP contribution is -1.92. The summed E-state index contributed by atoms with van der Waals surface area (Å²) in [5, 5.41) is 0. The minimum absolute atomic E-state index is 1.08. The van der Waals surface area contributed by atoms with Crippen molar-refractivity contribution in [1.82, 2.24) is 0 Å². The van der Waals surface area contributed by atoms with Crippen molar-refractivity contribution in [3.05, 3.63) is 11.1 Å². The minimum atomic E-state index is 1.08. The number of allylic oxidation sites excluding steroid dienone is 2. The van der Waals surface area contributed by atoms with E-state index in [1.807, 2.05) is 5.57 Å². The Morgan fingerprint density at radius 2 is 2.33 bits per heavy atom. The van der Waals surface area contributed by atoms with E-state index < -0.39 is 0 Å². The van der Waals surface area contributed by atoms with E-state index in [-0.39, 0.29) is 0 Å². The predicted molar refractivity (Wildman–Crippen MR) is 39.3 cm³/mol. The summed E-state index contributed by atoms with van der Waals surface area (Å²) < 4.78 is 0. The monoisotopic (exact) mass is 122 g/mol. The fourth-order valence-electron chi connectivity index (χ4n) is 2.31. The highest BCUT2D eigenvalue weighted by molar-refractivity contribution is 5.25. The van der Waals surface area contributed by atoms with Crippen LogP contribution in [0.1, 0.15) is 39.0 Å². The molecule has 2 aliphatic rings. The van der Waals surface area contributed by atoms with Gasteiger partial charge >= 0.3 is 0 Å². The van der Waals surface area contributed by atoms with Gasteiger partial charge in [-0.2, -0.15) is 0 Å². The molecule has 2 bridgehead atoms. The Kier molecular flexibility index (Phi) is 1.14. The molecule has 0 spiro atoms. The van der Waals surface area contributed by atoms with Crippen LogP contribution in [0.2, 0.25) is 0 Å². The van der Waals surface area contributed by atoms with Crippen LogP contribution in [0, 0.1) is 5.92 Å². The summed E-state index contributed by atoms with van der Waals surface area (Å²) in [6.45, 7) is 2.29. The van der Waals surface area contributed by atoms with Gasteiger partial charge in [0.05, 0.1) is 0 Å². The summed E-state index contributed by atoms with van der Waals surface area (Å²) >= 11 is 0. The molecule has 0 heterocycles. The summed E-state index contributed by atoms with van der Waals surface area (Å²) in [7, 11) is 0. The second-order valence-electron chi connectivity index (χ2n) is 3.37. The highest BCUT2D eigenvalue weighted by Gasteiger charge is 2.28. The third-order valence-corrected chi connectivity index (χ3v) is 2.85. The molecular formula is C9H14. The van der Waals surface area contributed by atoms with E-state index in [4.69, 9.17) is 0 Å². The van der Waals surface area contributed by atoms with E-state index in [0.29, 0.717) is 0 Å². The van der Waals surface area contributed by atoms with E-state index in [1.165, 1.54) is 32.1 Å². The van der Waals surface area contributed by atoms with Crippen molar-refractivity contribution in [1.29, 1.82) is 0 Å². The van der Waals surface area contributed by atoms with Crippen molar-refractivity contribution in [2.24, 2.45) is 5.92 Å². The van der Waals surface area contributed by atoms with Crippen molar-refractivity contribution in [3.63, 3.8) is 0 Å². The van der Waals surface area contributed by atoms with Crippen molar-refractivity contribution in [2.45, 2.75) is 39.0 Å². The molecule has 0 amide bonds. The molecule has 0 aliphatic heterocycles. The van der Waals surface area contributed by atoms with Crippen LogP contribution in [0.5, 0.6) is 0 Å². The van der Waals surface area contributed by atoms with Crippen LogP contribution in [-0.4, -0.2) is 0 Å². The van der Waals surface area contributed by atoms with Crippen LogP contribution in [0.3, 0.4) is 0 Å². The largest absolute Gasteiger partial charge is 0.0710 e. The molecule has 1 fully saturated rings. The molecule has 0 saturated heterocycles.